The number of aryl methyl sites for hydroxylation is 2. The molecule has 4 aromatic rings. The predicted molar refractivity (Wildman–Crippen MR) is 176 cm³/mol. The van der Waals surface area contributed by atoms with Crippen LogP contribution in [0.2, 0.25) is 0 Å². The topological polar surface area (TPSA) is 86.8 Å². The van der Waals surface area contributed by atoms with E-state index in [0.29, 0.717) is 16.8 Å². The molecule has 0 aliphatic rings. The molecule has 0 radical (unpaired) electrons. The van der Waals surface area contributed by atoms with E-state index in [1.807, 2.05) is 70.2 Å². The van der Waals surface area contributed by atoms with Crippen LogP contribution in [-0.2, 0) is 32.6 Å². The molecule has 0 bridgehead atoms. The van der Waals surface area contributed by atoms with Crippen molar-refractivity contribution in [3.63, 3.8) is 0 Å². The van der Waals surface area contributed by atoms with Gasteiger partial charge in [0.25, 0.3) is 10.0 Å². The first kappa shape index (κ1) is 33.4. The predicted octanol–water partition coefficient (Wildman–Crippen LogP) is 6.19. The van der Waals surface area contributed by atoms with E-state index in [2.05, 4.69) is 5.32 Å². The van der Waals surface area contributed by atoms with Gasteiger partial charge >= 0.3 is 0 Å². The van der Waals surface area contributed by atoms with E-state index < -0.39 is 39.9 Å². The number of benzene rings is 4. The van der Waals surface area contributed by atoms with E-state index in [1.165, 1.54) is 29.2 Å². The zero-order valence-electron chi connectivity index (χ0n) is 26.3. The number of hydrogen-bond donors (Lipinski definition) is 1. The largest absolute Gasteiger partial charge is 0.350 e. The molecule has 0 aromatic heterocycles. The third-order valence-corrected chi connectivity index (χ3v) is 9.05. The van der Waals surface area contributed by atoms with Crippen molar-refractivity contribution in [2.45, 2.75) is 64.1 Å². The van der Waals surface area contributed by atoms with Gasteiger partial charge in [0.2, 0.25) is 11.8 Å². The third kappa shape index (κ3) is 8.79. The second-order valence-electron chi connectivity index (χ2n) is 12.2. The highest BCUT2D eigenvalue weighted by molar-refractivity contribution is 7.92. The average molecular weight is 630 g/mol. The van der Waals surface area contributed by atoms with Crippen LogP contribution >= 0.6 is 0 Å². The molecule has 2 amide bonds. The molecule has 0 saturated carbocycles. The summed E-state index contributed by atoms with van der Waals surface area (Å²) in [7, 11) is -4.20. The fourth-order valence-corrected chi connectivity index (χ4v) is 6.51. The highest BCUT2D eigenvalue weighted by Crippen LogP contribution is 2.29. The van der Waals surface area contributed by atoms with Gasteiger partial charge in [-0.15, -0.1) is 0 Å². The maximum Gasteiger partial charge on any atom is 0.264 e. The van der Waals surface area contributed by atoms with Gasteiger partial charge in [-0.3, -0.25) is 13.9 Å². The number of carbonyl (C=O) groups excluding carboxylic acids is 2. The number of nitrogens with zero attached hydrogens (tertiary/aromatic N) is 2. The first-order valence-corrected chi connectivity index (χ1v) is 16.2. The summed E-state index contributed by atoms with van der Waals surface area (Å²) in [5.74, 6) is -1.39. The van der Waals surface area contributed by atoms with Gasteiger partial charge in [-0.1, -0.05) is 72.8 Å². The van der Waals surface area contributed by atoms with Crippen LogP contribution in [0.15, 0.2) is 108 Å². The van der Waals surface area contributed by atoms with Crippen molar-refractivity contribution in [2.24, 2.45) is 0 Å². The fourth-order valence-electron chi connectivity index (χ4n) is 5.01. The summed E-state index contributed by atoms with van der Waals surface area (Å²) in [5.41, 5.74) is 2.68. The van der Waals surface area contributed by atoms with E-state index in [0.717, 1.165) is 15.4 Å². The first-order valence-electron chi connectivity index (χ1n) is 14.8. The Morgan fingerprint density at radius 1 is 0.822 bits per heavy atom. The molecule has 0 aliphatic carbocycles. The van der Waals surface area contributed by atoms with E-state index in [9.17, 15) is 22.4 Å². The van der Waals surface area contributed by atoms with Crippen molar-refractivity contribution in [1.82, 2.24) is 10.2 Å². The monoisotopic (exact) mass is 629 g/mol. The minimum absolute atomic E-state index is 0.0371. The Morgan fingerprint density at radius 3 is 2.02 bits per heavy atom. The van der Waals surface area contributed by atoms with Crippen LogP contribution in [0.25, 0.3) is 0 Å². The molecule has 0 heterocycles. The van der Waals surface area contributed by atoms with Gasteiger partial charge < -0.3 is 10.2 Å². The van der Waals surface area contributed by atoms with Gasteiger partial charge in [0.15, 0.2) is 0 Å². The highest BCUT2D eigenvalue weighted by Gasteiger charge is 2.36. The van der Waals surface area contributed by atoms with E-state index in [1.54, 1.807) is 43.3 Å². The van der Waals surface area contributed by atoms with Crippen LogP contribution in [0, 0.1) is 19.7 Å². The molecular formula is C36H40FN3O4S. The van der Waals surface area contributed by atoms with Gasteiger partial charge in [-0.25, -0.2) is 12.8 Å². The van der Waals surface area contributed by atoms with E-state index in [-0.39, 0.29) is 23.8 Å². The Hall–Kier alpha value is -4.50. The van der Waals surface area contributed by atoms with Gasteiger partial charge in [0.05, 0.1) is 10.6 Å². The SMILES string of the molecule is Cc1ccc(C)c(N(CC(=O)N(Cc2ccc(F)cc2)C(Cc2ccccc2)C(=O)NC(C)(C)C)S(=O)(=O)c2ccccc2)c1. The van der Waals surface area contributed by atoms with Gasteiger partial charge in [-0.2, -0.15) is 0 Å². The Bertz CT molecular complexity index is 1720. The fraction of sp³-hybridized carbons (Fsp3) is 0.278. The van der Waals surface area contributed by atoms with Crippen molar-refractivity contribution in [2.75, 3.05) is 10.8 Å². The lowest BCUT2D eigenvalue weighted by atomic mass is 10.0. The number of sulfonamides is 1. The second-order valence-corrected chi connectivity index (χ2v) is 14.1. The van der Waals surface area contributed by atoms with Crippen LogP contribution in [-0.4, -0.2) is 43.3 Å². The minimum Gasteiger partial charge on any atom is -0.350 e. The lowest BCUT2D eigenvalue weighted by molar-refractivity contribution is -0.140. The van der Waals surface area contributed by atoms with E-state index >= 15 is 0 Å². The molecule has 236 valence electrons. The Kier molecular flexibility index (Phi) is 10.4. The Balaban J connectivity index is 1.84. The number of halogens is 1. The highest BCUT2D eigenvalue weighted by atomic mass is 32.2. The molecule has 1 unspecified atom stereocenters. The number of carbonyl (C=O) groups is 2. The maximum absolute atomic E-state index is 14.5. The van der Waals surface area contributed by atoms with Crippen molar-refractivity contribution in [3.05, 3.63) is 131 Å². The normalized spacial score (nSPS) is 12.3. The summed E-state index contributed by atoms with van der Waals surface area (Å²) in [5, 5.41) is 3.00. The number of nitrogens with one attached hydrogen (secondary N) is 1. The van der Waals surface area contributed by atoms with Crippen molar-refractivity contribution < 1.29 is 22.4 Å². The molecule has 1 atom stereocenters. The smallest absolute Gasteiger partial charge is 0.264 e. The van der Waals surface area contributed by atoms with Crippen LogP contribution in [0.5, 0.6) is 0 Å². The number of hydrogen-bond acceptors (Lipinski definition) is 4. The Morgan fingerprint density at radius 2 is 1.42 bits per heavy atom. The molecule has 1 N–H and O–H groups in total. The third-order valence-electron chi connectivity index (χ3n) is 7.28. The number of anilines is 1. The van der Waals surface area contributed by atoms with Crippen LogP contribution in [0.1, 0.15) is 43.0 Å². The number of amides is 2. The molecule has 4 aromatic carbocycles. The lowest BCUT2D eigenvalue weighted by Gasteiger charge is -2.35. The van der Waals surface area contributed by atoms with Crippen LogP contribution < -0.4 is 9.62 Å². The zero-order chi connectivity index (χ0) is 32.8. The van der Waals surface area contributed by atoms with Gasteiger partial charge in [-0.05, 0) is 87.2 Å². The summed E-state index contributed by atoms with van der Waals surface area (Å²) in [6.45, 7) is 8.60. The maximum atomic E-state index is 14.5. The molecule has 4 rings (SSSR count). The zero-order valence-corrected chi connectivity index (χ0v) is 27.1. The van der Waals surface area contributed by atoms with Crippen molar-refractivity contribution in [3.8, 4) is 0 Å². The molecule has 9 heteroatoms. The summed E-state index contributed by atoms with van der Waals surface area (Å²) >= 11 is 0. The minimum atomic E-state index is -4.20. The second kappa shape index (κ2) is 14.1. The number of rotatable bonds is 11. The molecule has 45 heavy (non-hydrogen) atoms. The summed E-state index contributed by atoms with van der Waals surface area (Å²) < 4.78 is 43.3. The summed E-state index contributed by atoms with van der Waals surface area (Å²) in [6.07, 6.45) is 0.185. The summed E-state index contributed by atoms with van der Waals surface area (Å²) in [4.78, 5) is 29.9. The quantitative estimate of drug-likeness (QED) is 0.214. The molecule has 0 saturated heterocycles. The Labute approximate surface area is 265 Å². The average Bonchev–Trinajstić information content (AvgIpc) is 3.00. The first-order chi connectivity index (χ1) is 21.2. The standard InChI is InChI=1S/C36H40FN3O4S/c1-26-16-17-27(2)32(22-26)40(45(43,44)31-14-10-7-11-15-31)25-34(41)39(24-29-18-20-30(37)21-19-29)33(35(42)38-36(3,4)5)23-28-12-8-6-9-13-28/h6-22,33H,23-25H2,1-5H3,(H,38,42). The molecule has 0 spiro atoms. The molecule has 0 aliphatic heterocycles. The molecule has 7 nitrogen and oxygen atoms in total. The van der Waals surface area contributed by atoms with Crippen LogP contribution in [0.3, 0.4) is 0 Å². The molecule has 0 fully saturated rings. The summed E-state index contributed by atoms with van der Waals surface area (Å²) in [6, 6.07) is 27.4. The lowest BCUT2D eigenvalue weighted by Crippen LogP contribution is -2.56. The van der Waals surface area contributed by atoms with E-state index in [4.69, 9.17) is 0 Å². The molecular weight excluding hydrogens is 589 g/mol. The van der Waals surface area contributed by atoms with Gasteiger partial charge in [0.1, 0.15) is 18.4 Å². The van der Waals surface area contributed by atoms with Crippen molar-refractivity contribution >= 4 is 27.5 Å². The van der Waals surface area contributed by atoms with Crippen molar-refractivity contribution in [1.29, 1.82) is 0 Å². The van der Waals surface area contributed by atoms with Crippen LogP contribution in [0.4, 0.5) is 10.1 Å². The van der Waals surface area contributed by atoms with Gasteiger partial charge in [0, 0.05) is 18.5 Å².